The van der Waals surface area contributed by atoms with Crippen LogP contribution in [-0.4, -0.2) is 24.0 Å². The van der Waals surface area contributed by atoms with E-state index < -0.39 is 11.4 Å². The SMILES string of the molecule is CCC(C)(C(=O)O)c1cc(C(=O)c2ccc(OC)cc2)sc1-c1ccc(Cl)cc1. The third-order valence-corrected chi connectivity index (χ3v) is 6.62. The fraction of sp³-hybridized carbons (Fsp3) is 0.217. The van der Waals surface area contributed by atoms with Crippen LogP contribution >= 0.6 is 22.9 Å². The molecule has 3 rings (SSSR count). The van der Waals surface area contributed by atoms with Crippen LogP contribution in [0.25, 0.3) is 10.4 Å². The fourth-order valence-corrected chi connectivity index (χ4v) is 4.45. The molecule has 4 nitrogen and oxygen atoms in total. The van der Waals surface area contributed by atoms with Gasteiger partial charge >= 0.3 is 5.97 Å². The average Bonchev–Trinajstić information content (AvgIpc) is 3.19. The zero-order valence-electron chi connectivity index (χ0n) is 16.4. The molecule has 0 aliphatic carbocycles. The lowest BCUT2D eigenvalue weighted by Gasteiger charge is -2.24. The van der Waals surface area contributed by atoms with E-state index in [1.807, 2.05) is 19.1 Å². The molecule has 1 atom stereocenters. The predicted octanol–water partition coefficient (Wildman–Crippen LogP) is 6.06. The Morgan fingerprint density at radius 2 is 1.72 bits per heavy atom. The molecule has 0 saturated heterocycles. The Hall–Kier alpha value is -2.63. The summed E-state index contributed by atoms with van der Waals surface area (Å²) in [5.41, 5.74) is 0.889. The van der Waals surface area contributed by atoms with Crippen LogP contribution in [0.4, 0.5) is 0 Å². The van der Waals surface area contributed by atoms with Gasteiger partial charge in [-0.2, -0.15) is 0 Å². The van der Waals surface area contributed by atoms with Crippen molar-refractivity contribution in [3.63, 3.8) is 0 Å². The van der Waals surface area contributed by atoms with Gasteiger partial charge in [-0.15, -0.1) is 11.3 Å². The minimum atomic E-state index is -1.11. The maximum Gasteiger partial charge on any atom is 0.313 e. The van der Waals surface area contributed by atoms with Gasteiger partial charge in [-0.3, -0.25) is 9.59 Å². The van der Waals surface area contributed by atoms with Crippen LogP contribution in [0.5, 0.6) is 5.75 Å². The second-order valence-corrected chi connectivity index (χ2v) is 8.40. The molecule has 1 aromatic heterocycles. The molecular formula is C23H21ClO4S. The molecule has 0 aliphatic heterocycles. The largest absolute Gasteiger partial charge is 0.497 e. The van der Waals surface area contributed by atoms with Crippen molar-refractivity contribution in [1.82, 2.24) is 0 Å². The number of hydrogen-bond donors (Lipinski definition) is 1. The number of ketones is 1. The highest BCUT2D eigenvalue weighted by atomic mass is 35.5. The summed E-state index contributed by atoms with van der Waals surface area (Å²) < 4.78 is 5.15. The quantitative estimate of drug-likeness (QED) is 0.464. The topological polar surface area (TPSA) is 63.6 Å². The summed E-state index contributed by atoms with van der Waals surface area (Å²) >= 11 is 7.32. The number of carbonyl (C=O) groups excluding carboxylic acids is 1. The Balaban J connectivity index is 2.14. The van der Waals surface area contributed by atoms with Crippen molar-refractivity contribution in [2.45, 2.75) is 25.7 Å². The smallest absolute Gasteiger partial charge is 0.313 e. The molecule has 0 amide bonds. The van der Waals surface area contributed by atoms with E-state index in [1.165, 1.54) is 11.3 Å². The third kappa shape index (κ3) is 4.07. The van der Waals surface area contributed by atoms with Crippen LogP contribution in [0.3, 0.4) is 0 Å². The molecular weight excluding hydrogens is 408 g/mol. The highest BCUT2D eigenvalue weighted by molar-refractivity contribution is 7.17. The number of aliphatic carboxylic acids is 1. The number of carboxylic acid groups (broad SMARTS) is 1. The third-order valence-electron chi connectivity index (χ3n) is 5.19. The van der Waals surface area contributed by atoms with Gasteiger partial charge in [0.2, 0.25) is 5.78 Å². The molecule has 1 N–H and O–H groups in total. The lowest BCUT2D eigenvalue weighted by molar-refractivity contribution is -0.143. The van der Waals surface area contributed by atoms with Crippen molar-refractivity contribution in [2.24, 2.45) is 0 Å². The minimum absolute atomic E-state index is 0.150. The van der Waals surface area contributed by atoms with E-state index in [4.69, 9.17) is 16.3 Å². The number of thiophene rings is 1. The number of rotatable bonds is 7. The molecule has 150 valence electrons. The van der Waals surface area contributed by atoms with Crippen molar-refractivity contribution in [3.05, 3.63) is 75.6 Å². The summed E-state index contributed by atoms with van der Waals surface area (Å²) in [6.07, 6.45) is 0.399. The molecule has 0 saturated carbocycles. The lowest BCUT2D eigenvalue weighted by atomic mass is 9.79. The van der Waals surface area contributed by atoms with Gasteiger partial charge in [0.15, 0.2) is 0 Å². The molecule has 6 heteroatoms. The van der Waals surface area contributed by atoms with E-state index in [0.29, 0.717) is 33.2 Å². The zero-order valence-corrected chi connectivity index (χ0v) is 17.9. The minimum Gasteiger partial charge on any atom is -0.497 e. The van der Waals surface area contributed by atoms with Gasteiger partial charge in [0.25, 0.3) is 0 Å². The Kier molecular flexibility index (Phi) is 6.10. The summed E-state index contributed by atoms with van der Waals surface area (Å²) in [6, 6.07) is 15.8. The van der Waals surface area contributed by atoms with Crippen molar-refractivity contribution < 1.29 is 19.4 Å². The van der Waals surface area contributed by atoms with Gasteiger partial charge in [0.05, 0.1) is 17.4 Å². The lowest BCUT2D eigenvalue weighted by Crippen LogP contribution is -2.31. The number of carboxylic acids is 1. The van der Waals surface area contributed by atoms with Gasteiger partial charge in [0, 0.05) is 15.5 Å². The van der Waals surface area contributed by atoms with Gasteiger partial charge < -0.3 is 9.84 Å². The second kappa shape index (κ2) is 8.39. The maximum atomic E-state index is 13.1. The number of benzene rings is 2. The number of halogens is 1. The highest BCUT2D eigenvalue weighted by Crippen LogP contribution is 2.42. The highest BCUT2D eigenvalue weighted by Gasteiger charge is 2.37. The summed E-state index contributed by atoms with van der Waals surface area (Å²) in [6.45, 7) is 3.53. The molecule has 0 aliphatic rings. The summed E-state index contributed by atoms with van der Waals surface area (Å²) in [7, 11) is 1.57. The molecule has 1 unspecified atom stereocenters. The number of carbonyl (C=O) groups is 2. The molecule has 0 radical (unpaired) electrons. The van der Waals surface area contributed by atoms with E-state index in [2.05, 4.69) is 0 Å². The first-order valence-corrected chi connectivity index (χ1v) is 10.3. The van der Waals surface area contributed by atoms with Crippen LogP contribution in [-0.2, 0) is 10.2 Å². The molecule has 29 heavy (non-hydrogen) atoms. The van der Waals surface area contributed by atoms with Crippen molar-refractivity contribution >= 4 is 34.7 Å². The van der Waals surface area contributed by atoms with Crippen LogP contribution < -0.4 is 4.74 Å². The molecule has 1 heterocycles. The fourth-order valence-electron chi connectivity index (χ4n) is 3.07. The van der Waals surface area contributed by atoms with E-state index in [9.17, 15) is 14.7 Å². The predicted molar refractivity (Wildman–Crippen MR) is 116 cm³/mol. The van der Waals surface area contributed by atoms with E-state index >= 15 is 0 Å². The van der Waals surface area contributed by atoms with Crippen LogP contribution in [0.2, 0.25) is 5.02 Å². The monoisotopic (exact) mass is 428 g/mol. The Morgan fingerprint density at radius 1 is 1.10 bits per heavy atom. The average molecular weight is 429 g/mol. The number of hydrogen-bond acceptors (Lipinski definition) is 4. The van der Waals surface area contributed by atoms with Gasteiger partial charge in [0.1, 0.15) is 5.75 Å². The van der Waals surface area contributed by atoms with E-state index in [1.54, 1.807) is 56.5 Å². The van der Waals surface area contributed by atoms with Crippen LogP contribution in [0.1, 0.15) is 41.1 Å². The first kappa shape index (κ1) is 21.1. The van der Waals surface area contributed by atoms with Gasteiger partial charge in [-0.05, 0) is 66.9 Å². The summed E-state index contributed by atoms with van der Waals surface area (Å²) in [4.78, 5) is 26.4. The first-order chi connectivity index (χ1) is 13.8. The zero-order chi connectivity index (χ0) is 21.2. The summed E-state index contributed by atoms with van der Waals surface area (Å²) in [5.74, 6) is -0.404. The second-order valence-electron chi connectivity index (χ2n) is 6.91. The van der Waals surface area contributed by atoms with E-state index in [-0.39, 0.29) is 5.78 Å². The van der Waals surface area contributed by atoms with Gasteiger partial charge in [-0.25, -0.2) is 0 Å². The Bertz CT molecular complexity index is 1040. The van der Waals surface area contributed by atoms with Crippen molar-refractivity contribution in [2.75, 3.05) is 7.11 Å². The van der Waals surface area contributed by atoms with Crippen molar-refractivity contribution in [3.8, 4) is 16.2 Å². The van der Waals surface area contributed by atoms with Crippen molar-refractivity contribution in [1.29, 1.82) is 0 Å². The van der Waals surface area contributed by atoms with Crippen LogP contribution in [0.15, 0.2) is 54.6 Å². The molecule has 0 spiro atoms. The molecule has 3 aromatic rings. The van der Waals surface area contributed by atoms with Crippen LogP contribution in [0, 0.1) is 0 Å². The standard InChI is InChI=1S/C23H21ClO4S/c1-4-23(2,22(26)27)18-13-19(20(25)14-7-11-17(28-3)12-8-14)29-21(18)15-5-9-16(24)10-6-15/h5-13H,4H2,1-3H3,(H,26,27). The Morgan fingerprint density at radius 3 is 2.24 bits per heavy atom. The Labute approximate surface area is 178 Å². The maximum absolute atomic E-state index is 13.1. The first-order valence-electron chi connectivity index (χ1n) is 9.12. The summed E-state index contributed by atoms with van der Waals surface area (Å²) in [5, 5.41) is 10.5. The number of methoxy groups -OCH3 is 1. The normalized spacial score (nSPS) is 13.0. The van der Waals surface area contributed by atoms with Gasteiger partial charge in [-0.1, -0.05) is 30.7 Å². The van der Waals surface area contributed by atoms with E-state index in [0.717, 1.165) is 10.4 Å². The number of ether oxygens (including phenoxy) is 1. The molecule has 0 bridgehead atoms. The molecule has 0 fully saturated rings. The molecule has 2 aromatic carbocycles.